The van der Waals surface area contributed by atoms with Gasteiger partial charge in [-0.2, -0.15) is 0 Å². The first-order valence-corrected chi connectivity index (χ1v) is 6.90. The molecule has 1 aliphatic carbocycles. The topological polar surface area (TPSA) is 46.3 Å². The lowest BCUT2D eigenvalue weighted by atomic mass is 9.66. The van der Waals surface area contributed by atoms with Crippen molar-refractivity contribution in [3.63, 3.8) is 0 Å². The molecule has 2 N–H and O–H groups in total. The summed E-state index contributed by atoms with van der Waals surface area (Å²) < 4.78 is 0. The van der Waals surface area contributed by atoms with Crippen LogP contribution < -0.4 is 5.73 Å². The molecular weight excluding hydrogens is 212 g/mol. The van der Waals surface area contributed by atoms with Crippen molar-refractivity contribution in [2.24, 2.45) is 17.1 Å². The number of carbonyl (C=O) groups is 1. The first-order valence-electron chi connectivity index (χ1n) is 6.90. The highest BCUT2D eigenvalue weighted by Crippen LogP contribution is 2.43. The number of rotatable bonds is 6. The smallest absolute Gasteiger partial charge is 0.223 e. The predicted molar refractivity (Wildman–Crippen MR) is 71.6 cm³/mol. The molecule has 100 valence electrons. The zero-order chi connectivity index (χ0) is 13.1. The fourth-order valence-corrected chi connectivity index (χ4v) is 2.55. The van der Waals surface area contributed by atoms with Gasteiger partial charge >= 0.3 is 0 Å². The summed E-state index contributed by atoms with van der Waals surface area (Å²) in [5, 5.41) is 0. The Labute approximate surface area is 106 Å². The summed E-state index contributed by atoms with van der Waals surface area (Å²) in [5.74, 6) is 0.815. The Morgan fingerprint density at radius 1 is 1.29 bits per heavy atom. The monoisotopic (exact) mass is 240 g/mol. The zero-order valence-corrected chi connectivity index (χ0v) is 11.8. The van der Waals surface area contributed by atoms with Crippen molar-refractivity contribution in [1.82, 2.24) is 4.90 Å². The standard InChI is InChI=1S/C14H28N2O/c1-11(2)9-16(12(3)4)13(17)8-14(10-15)6-5-7-14/h11-12H,5-10,15H2,1-4H3. The summed E-state index contributed by atoms with van der Waals surface area (Å²) in [6, 6.07) is 0.291. The Bertz CT molecular complexity index is 251. The maximum Gasteiger partial charge on any atom is 0.223 e. The van der Waals surface area contributed by atoms with Gasteiger partial charge in [0.25, 0.3) is 0 Å². The van der Waals surface area contributed by atoms with E-state index in [4.69, 9.17) is 5.73 Å². The molecule has 0 radical (unpaired) electrons. The second kappa shape index (κ2) is 5.85. The van der Waals surface area contributed by atoms with Crippen molar-refractivity contribution < 1.29 is 4.79 Å². The van der Waals surface area contributed by atoms with Crippen molar-refractivity contribution >= 4 is 5.91 Å². The zero-order valence-electron chi connectivity index (χ0n) is 11.8. The Hall–Kier alpha value is -0.570. The summed E-state index contributed by atoms with van der Waals surface area (Å²) in [6.45, 7) is 10.0. The van der Waals surface area contributed by atoms with E-state index >= 15 is 0 Å². The van der Waals surface area contributed by atoms with Gasteiger partial charge in [0, 0.05) is 19.0 Å². The van der Waals surface area contributed by atoms with E-state index < -0.39 is 0 Å². The van der Waals surface area contributed by atoms with Crippen LogP contribution in [0.2, 0.25) is 0 Å². The van der Waals surface area contributed by atoms with Gasteiger partial charge in [-0.3, -0.25) is 4.79 Å². The molecule has 17 heavy (non-hydrogen) atoms. The van der Waals surface area contributed by atoms with Crippen LogP contribution in [0, 0.1) is 11.3 Å². The summed E-state index contributed by atoms with van der Waals surface area (Å²) in [5.41, 5.74) is 5.95. The van der Waals surface area contributed by atoms with E-state index in [9.17, 15) is 4.79 Å². The predicted octanol–water partition coefficient (Wildman–Crippen LogP) is 2.40. The molecule has 1 saturated carbocycles. The summed E-state index contributed by atoms with van der Waals surface area (Å²) in [7, 11) is 0. The van der Waals surface area contributed by atoms with Crippen molar-refractivity contribution in [2.75, 3.05) is 13.1 Å². The maximum absolute atomic E-state index is 12.4. The number of nitrogens with two attached hydrogens (primary N) is 1. The lowest BCUT2D eigenvalue weighted by Crippen LogP contribution is -2.46. The Morgan fingerprint density at radius 2 is 1.88 bits per heavy atom. The highest BCUT2D eigenvalue weighted by Gasteiger charge is 2.38. The molecule has 3 nitrogen and oxygen atoms in total. The van der Waals surface area contributed by atoms with E-state index in [1.165, 1.54) is 6.42 Å². The van der Waals surface area contributed by atoms with Crippen LogP contribution in [0.5, 0.6) is 0 Å². The molecule has 1 fully saturated rings. The van der Waals surface area contributed by atoms with Crippen LogP contribution in [0.4, 0.5) is 0 Å². The number of hydrogen-bond donors (Lipinski definition) is 1. The molecule has 0 aliphatic heterocycles. The number of carbonyl (C=O) groups excluding carboxylic acids is 1. The fourth-order valence-electron chi connectivity index (χ4n) is 2.55. The fraction of sp³-hybridized carbons (Fsp3) is 0.929. The van der Waals surface area contributed by atoms with Gasteiger partial charge in [-0.1, -0.05) is 20.3 Å². The lowest BCUT2D eigenvalue weighted by Gasteiger charge is -2.42. The molecule has 1 rings (SSSR count). The molecule has 0 bridgehead atoms. The normalized spacial score (nSPS) is 18.3. The van der Waals surface area contributed by atoms with Gasteiger partial charge in [0.05, 0.1) is 0 Å². The summed E-state index contributed by atoms with van der Waals surface area (Å²) in [6.07, 6.45) is 4.14. The molecule has 0 aromatic heterocycles. The highest BCUT2D eigenvalue weighted by molar-refractivity contribution is 5.77. The minimum Gasteiger partial charge on any atom is -0.340 e. The lowest BCUT2D eigenvalue weighted by molar-refractivity contribution is -0.137. The van der Waals surface area contributed by atoms with E-state index in [0.29, 0.717) is 30.8 Å². The van der Waals surface area contributed by atoms with Crippen molar-refractivity contribution in [3.8, 4) is 0 Å². The molecule has 0 saturated heterocycles. The van der Waals surface area contributed by atoms with E-state index in [0.717, 1.165) is 19.4 Å². The summed E-state index contributed by atoms with van der Waals surface area (Å²) >= 11 is 0. The largest absolute Gasteiger partial charge is 0.340 e. The molecule has 0 atom stereocenters. The highest BCUT2D eigenvalue weighted by atomic mass is 16.2. The van der Waals surface area contributed by atoms with Crippen LogP contribution in [0.15, 0.2) is 0 Å². The van der Waals surface area contributed by atoms with Gasteiger partial charge in [-0.25, -0.2) is 0 Å². The third-order valence-corrected chi connectivity index (χ3v) is 3.88. The van der Waals surface area contributed by atoms with Crippen LogP contribution in [0.1, 0.15) is 53.4 Å². The molecule has 0 spiro atoms. The van der Waals surface area contributed by atoms with Gasteiger partial charge in [0.1, 0.15) is 0 Å². The average Bonchev–Trinajstić information content (AvgIpc) is 2.19. The molecule has 3 heteroatoms. The number of nitrogens with zero attached hydrogens (tertiary/aromatic N) is 1. The van der Waals surface area contributed by atoms with E-state index in [1.54, 1.807) is 0 Å². The minimum atomic E-state index is 0.126. The quantitative estimate of drug-likeness (QED) is 0.775. The van der Waals surface area contributed by atoms with Gasteiger partial charge in [-0.15, -0.1) is 0 Å². The van der Waals surface area contributed by atoms with Crippen molar-refractivity contribution in [1.29, 1.82) is 0 Å². The first-order chi connectivity index (χ1) is 7.90. The SMILES string of the molecule is CC(C)CN(C(=O)CC1(CN)CCC1)C(C)C. The molecule has 0 aromatic rings. The molecule has 1 aliphatic rings. The van der Waals surface area contributed by atoms with Crippen molar-refractivity contribution in [3.05, 3.63) is 0 Å². The first kappa shape index (κ1) is 14.5. The number of amides is 1. The molecule has 0 heterocycles. The molecule has 0 unspecified atom stereocenters. The van der Waals surface area contributed by atoms with Crippen LogP contribution in [-0.2, 0) is 4.79 Å². The second-order valence-corrected chi connectivity index (χ2v) is 6.27. The van der Waals surface area contributed by atoms with E-state index in [-0.39, 0.29) is 5.41 Å². The average molecular weight is 240 g/mol. The van der Waals surface area contributed by atoms with E-state index in [1.807, 2.05) is 4.90 Å². The van der Waals surface area contributed by atoms with Crippen molar-refractivity contribution in [2.45, 2.75) is 59.4 Å². The van der Waals surface area contributed by atoms with Crippen LogP contribution in [0.3, 0.4) is 0 Å². The molecule has 1 amide bonds. The Morgan fingerprint density at radius 3 is 2.18 bits per heavy atom. The van der Waals surface area contributed by atoms with Gasteiger partial charge < -0.3 is 10.6 Å². The Kier molecular flexibility index (Phi) is 4.99. The summed E-state index contributed by atoms with van der Waals surface area (Å²) in [4.78, 5) is 14.4. The molecular formula is C14H28N2O. The third kappa shape index (κ3) is 3.70. The van der Waals surface area contributed by atoms with Gasteiger partial charge in [0.15, 0.2) is 0 Å². The third-order valence-electron chi connectivity index (χ3n) is 3.88. The van der Waals surface area contributed by atoms with Crippen LogP contribution in [0.25, 0.3) is 0 Å². The second-order valence-electron chi connectivity index (χ2n) is 6.27. The van der Waals surface area contributed by atoms with Crippen LogP contribution in [-0.4, -0.2) is 29.9 Å². The maximum atomic E-state index is 12.4. The van der Waals surface area contributed by atoms with Gasteiger partial charge in [-0.05, 0) is 44.6 Å². The van der Waals surface area contributed by atoms with E-state index in [2.05, 4.69) is 27.7 Å². The Balaban J connectivity index is 2.58. The minimum absolute atomic E-state index is 0.126. The van der Waals surface area contributed by atoms with Gasteiger partial charge in [0.2, 0.25) is 5.91 Å². The van der Waals surface area contributed by atoms with Crippen LogP contribution >= 0.6 is 0 Å². The number of hydrogen-bond acceptors (Lipinski definition) is 2. The molecule has 0 aromatic carbocycles.